The van der Waals surface area contributed by atoms with Crippen LogP contribution in [-0.2, 0) is 10.4 Å². The van der Waals surface area contributed by atoms with Gasteiger partial charge in [0.1, 0.15) is 0 Å². The van der Waals surface area contributed by atoms with Gasteiger partial charge in [-0.3, -0.25) is 0 Å². The smallest absolute Gasteiger partial charge is 0.340 e. The van der Waals surface area contributed by atoms with E-state index in [1.807, 2.05) is 0 Å². The zero-order valence-electron chi connectivity index (χ0n) is 5.94. The fourth-order valence-corrected chi connectivity index (χ4v) is 1.42. The molecule has 1 rings (SSSR count). The molecule has 0 aliphatic rings. The first kappa shape index (κ1) is 8.23. The molecule has 0 saturated heterocycles. The van der Waals surface area contributed by atoms with Crippen LogP contribution < -0.4 is 0 Å². The van der Waals surface area contributed by atoms with Crippen molar-refractivity contribution in [3.63, 3.8) is 0 Å². The molecule has 0 saturated carbocycles. The Labute approximate surface area is 67.9 Å². The zero-order chi connectivity index (χ0) is 8.48. The second-order valence-electron chi connectivity index (χ2n) is 2.39. The first-order chi connectivity index (χ1) is 5.05. The number of carboxylic acids is 1. The van der Waals surface area contributed by atoms with Crippen LogP contribution in [0.25, 0.3) is 0 Å². The van der Waals surface area contributed by atoms with Gasteiger partial charge in [0.25, 0.3) is 0 Å². The highest BCUT2D eigenvalue weighted by Gasteiger charge is 2.32. The van der Waals surface area contributed by atoms with Gasteiger partial charge in [0.15, 0.2) is 5.60 Å². The van der Waals surface area contributed by atoms with Gasteiger partial charge in [-0.1, -0.05) is 0 Å². The van der Waals surface area contributed by atoms with E-state index in [-0.39, 0.29) is 0 Å². The average Bonchev–Trinajstić information content (AvgIpc) is 2.37. The molecule has 0 radical (unpaired) electrons. The lowest BCUT2D eigenvalue weighted by Gasteiger charge is -2.15. The number of hydrogen-bond donors (Lipinski definition) is 2. The Hall–Kier alpha value is -0.870. The van der Waals surface area contributed by atoms with Gasteiger partial charge in [-0.2, -0.15) is 11.3 Å². The van der Waals surface area contributed by atoms with E-state index in [1.54, 1.807) is 16.8 Å². The molecule has 1 heterocycles. The fraction of sp³-hybridized carbons (Fsp3) is 0.286. The number of rotatable bonds is 2. The van der Waals surface area contributed by atoms with Gasteiger partial charge >= 0.3 is 5.97 Å². The maximum Gasteiger partial charge on any atom is 0.340 e. The molecule has 0 aromatic carbocycles. The van der Waals surface area contributed by atoms with Crippen molar-refractivity contribution in [2.75, 3.05) is 0 Å². The molecule has 0 amide bonds. The van der Waals surface area contributed by atoms with Gasteiger partial charge in [-0.25, -0.2) is 4.79 Å². The van der Waals surface area contributed by atoms with E-state index in [4.69, 9.17) is 5.11 Å². The Morgan fingerprint density at radius 1 is 1.73 bits per heavy atom. The molecule has 2 N–H and O–H groups in total. The highest BCUT2D eigenvalue weighted by Crippen LogP contribution is 2.22. The van der Waals surface area contributed by atoms with Crippen LogP contribution in [0.1, 0.15) is 12.5 Å². The third-order valence-electron chi connectivity index (χ3n) is 1.50. The Kier molecular flexibility index (Phi) is 1.97. The van der Waals surface area contributed by atoms with Crippen LogP contribution in [0, 0.1) is 0 Å². The summed E-state index contributed by atoms with van der Waals surface area (Å²) in [7, 11) is 0. The van der Waals surface area contributed by atoms with Crippen LogP contribution in [0.2, 0.25) is 0 Å². The summed E-state index contributed by atoms with van der Waals surface area (Å²) in [6.45, 7) is 1.26. The van der Waals surface area contributed by atoms with E-state index in [1.165, 1.54) is 18.3 Å². The minimum absolute atomic E-state index is 0.426. The second-order valence-corrected chi connectivity index (χ2v) is 3.17. The number of carboxylic acid groups (broad SMARTS) is 1. The topological polar surface area (TPSA) is 57.5 Å². The average molecular weight is 172 g/mol. The van der Waals surface area contributed by atoms with Crippen molar-refractivity contribution in [3.05, 3.63) is 22.4 Å². The lowest BCUT2D eigenvalue weighted by Crippen LogP contribution is -2.31. The van der Waals surface area contributed by atoms with Crippen molar-refractivity contribution in [1.29, 1.82) is 0 Å². The molecule has 11 heavy (non-hydrogen) atoms. The number of carbonyl (C=O) groups is 1. The SMILES string of the molecule is CC(O)(C(=O)O)c1ccsc1. The molecule has 0 aliphatic heterocycles. The highest BCUT2D eigenvalue weighted by atomic mass is 32.1. The molecule has 0 fully saturated rings. The molecule has 1 atom stereocenters. The minimum atomic E-state index is -1.75. The molecule has 1 aromatic heterocycles. The second kappa shape index (κ2) is 2.64. The Balaban J connectivity index is 3.00. The standard InChI is InChI=1S/C7H8O3S/c1-7(10,6(8)9)5-2-3-11-4-5/h2-4,10H,1H3,(H,8,9). The first-order valence-corrected chi connectivity index (χ1v) is 3.98. The van der Waals surface area contributed by atoms with Gasteiger partial charge in [-0.15, -0.1) is 0 Å². The van der Waals surface area contributed by atoms with E-state index in [0.717, 1.165) is 0 Å². The van der Waals surface area contributed by atoms with Crippen molar-refractivity contribution in [1.82, 2.24) is 0 Å². The molecule has 3 nitrogen and oxygen atoms in total. The molecule has 1 unspecified atom stereocenters. The van der Waals surface area contributed by atoms with Crippen LogP contribution in [0.4, 0.5) is 0 Å². The third kappa shape index (κ3) is 1.41. The number of aliphatic carboxylic acids is 1. The fourth-order valence-electron chi connectivity index (χ4n) is 0.665. The Morgan fingerprint density at radius 3 is 2.73 bits per heavy atom. The van der Waals surface area contributed by atoms with Crippen LogP contribution in [0.3, 0.4) is 0 Å². The molecule has 1 aromatic rings. The normalized spacial score (nSPS) is 15.8. The maximum absolute atomic E-state index is 10.5. The van der Waals surface area contributed by atoms with Crippen molar-refractivity contribution in [3.8, 4) is 0 Å². The summed E-state index contributed by atoms with van der Waals surface area (Å²) in [5.74, 6) is -1.23. The minimum Gasteiger partial charge on any atom is -0.479 e. The predicted molar refractivity (Wildman–Crippen MR) is 41.5 cm³/mol. The summed E-state index contributed by atoms with van der Waals surface area (Å²) in [6, 6.07) is 1.60. The number of thiophene rings is 1. The summed E-state index contributed by atoms with van der Waals surface area (Å²) in [5.41, 5.74) is -1.32. The van der Waals surface area contributed by atoms with Crippen LogP contribution in [0.15, 0.2) is 16.8 Å². The largest absolute Gasteiger partial charge is 0.479 e. The summed E-state index contributed by atoms with van der Waals surface area (Å²) in [4.78, 5) is 10.5. The van der Waals surface area contributed by atoms with E-state index in [2.05, 4.69) is 0 Å². The van der Waals surface area contributed by atoms with E-state index in [9.17, 15) is 9.90 Å². The van der Waals surface area contributed by atoms with Gasteiger partial charge in [0.2, 0.25) is 0 Å². The number of aliphatic hydroxyl groups is 1. The van der Waals surface area contributed by atoms with Crippen molar-refractivity contribution in [2.45, 2.75) is 12.5 Å². The molecular formula is C7H8O3S. The summed E-state index contributed by atoms with van der Waals surface area (Å²) >= 11 is 1.36. The van der Waals surface area contributed by atoms with Crippen LogP contribution in [0.5, 0.6) is 0 Å². The zero-order valence-corrected chi connectivity index (χ0v) is 6.76. The predicted octanol–water partition coefficient (Wildman–Crippen LogP) is 1.04. The van der Waals surface area contributed by atoms with E-state index < -0.39 is 11.6 Å². The lowest BCUT2D eigenvalue weighted by atomic mass is 10.0. The van der Waals surface area contributed by atoms with Crippen LogP contribution in [-0.4, -0.2) is 16.2 Å². The Morgan fingerprint density at radius 2 is 2.36 bits per heavy atom. The van der Waals surface area contributed by atoms with Gasteiger partial charge in [0, 0.05) is 5.56 Å². The monoisotopic (exact) mass is 172 g/mol. The van der Waals surface area contributed by atoms with E-state index >= 15 is 0 Å². The molecule has 60 valence electrons. The van der Waals surface area contributed by atoms with Gasteiger partial charge in [0.05, 0.1) is 0 Å². The molecule has 0 aliphatic carbocycles. The quantitative estimate of drug-likeness (QED) is 0.700. The summed E-state index contributed by atoms with van der Waals surface area (Å²) < 4.78 is 0. The summed E-state index contributed by atoms with van der Waals surface area (Å²) in [5, 5.41) is 21.3. The van der Waals surface area contributed by atoms with Crippen LogP contribution >= 0.6 is 11.3 Å². The third-order valence-corrected chi connectivity index (χ3v) is 2.18. The molecule has 4 heteroatoms. The first-order valence-electron chi connectivity index (χ1n) is 3.03. The molecular weight excluding hydrogens is 164 g/mol. The van der Waals surface area contributed by atoms with E-state index in [0.29, 0.717) is 5.56 Å². The number of hydrogen-bond acceptors (Lipinski definition) is 3. The summed E-state index contributed by atoms with van der Waals surface area (Å²) in [6.07, 6.45) is 0. The van der Waals surface area contributed by atoms with Crippen molar-refractivity contribution >= 4 is 17.3 Å². The lowest BCUT2D eigenvalue weighted by molar-refractivity contribution is -0.157. The molecule has 0 bridgehead atoms. The van der Waals surface area contributed by atoms with Gasteiger partial charge < -0.3 is 10.2 Å². The van der Waals surface area contributed by atoms with Crippen molar-refractivity contribution < 1.29 is 15.0 Å². The van der Waals surface area contributed by atoms with Gasteiger partial charge in [-0.05, 0) is 23.8 Å². The highest BCUT2D eigenvalue weighted by molar-refractivity contribution is 7.08. The molecule has 0 spiro atoms. The van der Waals surface area contributed by atoms with Crippen molar-refractivity contribution in [2.24, 2.45) is 0 Å². The Bertz CT molecular complexity index is 251. The maximum atomic E-state index is 10.5.